The zero-order valence-electron chi connectivity index (χ0n) is 13.6. The van der Waals surface area contributed by atoms with Gasteiger partial charge in [-0.05, 0) is 37.6 Å². The van der Waals surface area contributed by atoms with Crippen molar-refractivity contribution in [3.63, 3.8) is 0 Å². The first kappa shape index (κ1) is 17.5. The summed E-state index contributed by atoms with van der Waals surface area (Å²) in [5, 5.41) is 3.30. The Balaban J connectivity index is 1.88. The number of nitrogens with zero attached hydrogens (tertiary/aromatic N) is 1. The van der Waals surface area contributed by atoms with Crippen molar-refractivity contribution in [1.82, 2.24) is 4.90 Å². The van der Waals surface area contributed by atoms with Crippen LogP contribution in [0.2, 0.25) is 0 Å². The van der Waals surface area contributed by atoms with Gasteiger partial charge in [0.15, 0.2) is 0 Å². The third kappa shape index (κ3) is 5.71. The van der Waals surface area contributed by atoms with Gasteiger partial charge in [0.05, 0.1) is 0 Å². The Morgan fingerprint density at radius 2 is 1.87 bits per heavy atom. The molecule has 0 fully saturated rings. The smallest absolute Gasteiger partial charge is 0.224 e. The van der Waals surface area contributed by atoms with E-state index in [2.05, 4.69) is 47.2 Å². The first-order valence-corrected chi connectivity index (χ1v) is 8.68. The quantitative estimate of drug-likeness (QED) is 0.762. The number of anilines is 1. The molecule has 0 aliphatic rings. The normalized spacial score (nSPS) is 10.6. The Labute approximate surface area is 146 Å². The summed E-state index contributed by atoms with van der Waals surface area (Å²) in [6.45, 7) is 5.41. The zero-order valence-corrected chi connectivity index (χ0v) is 15.2. The molecule has 0 heterocycles. The predicted octanol–water partition coefficient (Wildman–Crippen LogP) is 4.69. The number of hydrogen-bond acceptors (Lipinski definition) is 2. The van der Waals surface area contributed by atoms with E-state index in [1.807, 2.05) is 47.4 Å². The number of benzene rings is 2. The zero-order chi connectivity index (χ0) is 16.7. The van der Waals surface area contributed by atoms with Crippen molar-refractivity contribution in [2.45, 2.75) is 32.9 Å². The molecule has 0 saturated heterocycles. The molecule has 2 rings (SSSR count). The second-order valence-corrected chi connectivity index (χ2v) is 6.70. The summed E-state index contributed by atoms with van der Waals surface area (Å²) in [5.74, 6) is 0.173. The number of carbonyl (C=O) groups is 1. The number of rotatable bonds is 7. The fraction of sp³-hybridized carbons (Fsp3) is 0.316. The van der Waals surface area contributed by atoms with Crippen LogP contribution in [0, 0.1) is 0 Å². The van der Waals surface area contributed by atoms with Crippen LogP contribution < -0.4 is 5.32 Å². The van der Waals surface area contributed by atoms with E-state index in [9.17, 15) is 4.79 Å². The molecule has 2 aromatic carbocycles. The van der Waals surface area contributed by atoms with Gasteiger partial charge < -0.3 is 10.2 Å². The van der Waals surface area contributed by atoms with Crippen LogP contribution in [0.3, 0.4) is 0 Å². The highest BCUT2D eigenvalue weighted by Gasteiger charge is 2.16. The summed E-state index contributed by atoms with van der Waals surface area (Å²) in [5.41, 5.74) is 2.18. The predicted molar refractivity (Wildman–Crippen MR) is 99.4 cm³/mol. The lowest BCUT2D eigenvalue weighted by Crippen LogP contribution is -2.37. The molecule has 0 spiro atoms. The molecule has 0 aliphatic carbocycles. The Hall–Kier alpha value is -1.81. The van der Waals surface area contributed by atoms with E-state index in [0.29, 0.717) is 19.5 Å². The maximum atomic E-state index is 12.5. The third-order valence-electron chi connectivity index (χ3n) is 3.63. The van der Waals surface area contributed by atoms with Gasteiger partial charge in [-0.3, -0.25) is 4.79 Å². The number of amides is 1. The Morgan fingerprint density at radius 1 is 1.13 bits per heavy atom. The number of carbonyl (C=O) groups excluding carboxylic acids is 1. The van der Waals surface area contributed by atoms with E-state index in [1.54, 1.807) is 0 Å². The van der Waals surface area contributed by atoms with Gasteiger partial charge in [-0.1, -0.05) is 52.3 Å². The summed E-state index contributed by atoms with van der Waals surface area (Å²) >= 11 is 3.45. The standard InChI is InChI=1S/C19H23BrN2O/c1-15(2)22(14-16-7-4-3-5-8-16)19(23)11-12-21-18-10-6-9-17(20)13-18/h3-10,13,15,21H,11-12,14H2,1-2H3. The van der Waals surface area contributed by atoms with Crippen molar-refractivity contribution in [2.24, 2.45) is 0 Å². The van der Waals surface area contributed by atoms with Gasteiger partial charge in [0.2, 0.25) is 5.91 Å². The van der Waals surface area contributed by atoms with E-state index < -0.39 is 0 Å². The van der Waals surface area contributed by atoms with Gasteiger partial charge in [0, 0.05) is 35.7 Å². The fourth-order valence-corrected chi connectivity index (χ4v) is 2.79. The monoisotopic (exact) mass is 374 g/mol. The Morgan fingerprint density at radius 3 is 2.52 bits per heavy atom. The van der Waals surface area contributed by atoms with Crippen LogP contribution in [0.15, 0.2) is 59.1 Å². The van der Waals surface area contributed by atoms with Crippen LogP contribution in [-0.2, 0) is 11.3 Å². The molecule has 1 amide bonds. The summed E-state index contributed by atoms with van der Waals surface area (Å²) in [4.78, 5) is 14.5. The van der Waals surface area contributed by atoms with Crippen LogP contribution in [-0.4, -0.2) is 23.4 Å². The number of nitrogens with one attached hydrogen (secondary N) is 1. The molecule has 0 bridgehead atoms. The van der Waals surface area contributed by atoms with Crippen LogP contribution in [0.25, 0.3) is 0 Å². The van der Waals surface area contributed by atoms with Crippen molar-refractivity contribution in [3.8, 4) is 0 Å². The van der Waals surface area contributed by atoms with Gasteiger partial charge in [0.1, 0.15) is 0 Å². The number of hydrogen-bond donors (Lipinski definition) is 1. The minimum absolute atomic E-state index is 0.173. The van der Waals surface area contributed by atoms with Crippen LogP contribution >= 0.6 is 15.9 Å². The van der Waals surface area contributed by atoms with Crippen molar-refractivity contribution in [3.05, 3.63) is 64.6 Å². The van der Waals surface area contributed by atoms with Gasteiger partial charge in [-0.25, -0.2) is 0 Å². The molecule has 0 radical (unpaired) electrons. The van der Waals surface area contributed by atoms with Crippen LogP contribution in [0.4, 0.5) is 5.69 Å². The lowest BCUT2D eigenvalue weighted by Gasteiger charge is -2.27. The highest BCUT2D eigenvalue weighted by Crippen LogP contribution is 2.16. The van der Waals surface area contributed by atoms with E-state index in [0.717, 1.165) is 15.7 Å². The van der Waals surface area contributed by atoms with Gasteiger partial charge in [-0.2, -0.15) is 0 Å². The van der Waals surface area contributed by atoms with Gasteiger partial charge in [-0.15, -0.1) is 0 Å². The largest absolute Gasteiger partial charge is 0.384 e. The highest BCUT2D eigenvalue weighted by molar-refractivity contribution is 9.10. The van der Waals surface area contributed by atoms with E-state index in [4.69, 9.17) is 0 Å². The molecule has 4 heteroatoms. The molecule has 122 valence electrons. The minimum atomic E-state index is 0.173. The second kappa shape index (κ2) is 8.73. The molecule has 0 aliphatic heterocycles. The average molecular weight is 375 g/mol. The van der Waals surface area contributed by atoms with Crippen LogP contribution in [0.5, 0.6) is 0 Å². The molecule has 2 aromatic rings. The summed E-state index contributed by atoms with van der Waals surface area (Å²) < 4.78 is 1.03. The highest BCUT2D eigenvalue weighted by atomic mass is 79.9. The molecular weight excluding hydrogens is 352 g/mol. The van der Waals surface area contributed by atoms with Crippen molar-refractivity contribution >= 4 is 27.5 Å². The van der Waals surface area contributed by atoms with Crippen molar-refractivity contribution < 1.29 is 4.79 Å². The fourth-order valence-electron chi connectivity index (χ4n) is 2.39. The first-order chi connectivity index (χ1) is 11.1. The summed E-state index contributed by atoms with van der Waals surface area (Å²) in [6, 6.07) is 18.3. The molecule has 0 unspecified atom stereocenters. The van der Waals surface area contributed by atoms with E-state index >= 15 is 0 Å². The lowest BCUT2D eigenvalue weighted by molar-refractivity contribution is -0.133. The van der Waals surface area contributed by atoms with E-state index in [-0.39, 0.29) is 11.9 Å². The van der Waals surface area contributed by atoms with Gasteiger partial charge in [0.25, 0.3) is 0 Å². The third-order valence-corrected chi connectivity index (χ3v) is 4.13. The summed E-state index contributed by atoms with van der Waals surface area (Å²) in [6.07, 6.45) is 0.484. The van der Waals surface area contributed by atoms with Crippen LogP contribution in [0.1, 0.15) is 25.8 Å². The maximum Gasteiger partial charge on any atom is 0.224 e. The Kier molecular flexibility index (Phi) is 6.66. The first-order valence-electron chi connectivity index (χ1n) is 7.89. The maximum absolute atomic E-state index is 12.5. The molecular formula is C19H23BrN2O. The topological polar surface area (TPSA) is 32.3 Å². The van der Waals surface area contributed by atoms with Gasteiger partial charge >= 0.3 is 0 Å². The number of halogens is 1. The minimum Gasteiger partial charge on any atom is -0.384 e. The Bertz CT molecular complexity index is 628. The second-order valence-electron chi connectivity index (χ2n) is 5.79. The molecule has 0 saturated carbocycles. The SMILES string of the molecule is CC(C)N(Cc1ccccc1)C(=O)CCNc1cccc(Br)c1. The van der Waals surface area contributed by atoms with Crippen molar-refractivity contribution in [2.75, 3.05) is 11.9 Å². The molecule has 3 nitrogen and oxygen atoms in total. The molecule has 1 N–H and O–H groups in total. The lowest BCUT2D eigenvalue weighted by atomic mass is 10.1. The molecule has 0 atom stereocenters. The van der Waals surface area contributed by atoms with Crippen molar-refractivity contribution in [1.29, 1.82) is 0 Å². The van der Waals surface area contributed by atoms with E-state index in [1.165, 1.54) is 0 Å². The summed E-state index contributed by atoms with van der Waals surface area (Å²) in [7, 11) is 0. The average Bonchev–Trinajstić information content (AvgIpc) is 2.53. The molecule has 0 aromatic heterocycles. The molecule has 23 heavy (non-hydrogen) atoms.